The lowest BCUT2D eigenvalue weighted by atomic mass is 10.1. The molecule has 41 heavy (non-hydrogen) atoms. The summed E-state index contributed by atoms with van der Waals surface area (Å²) in [6, 6.07) is 29.8. The molecule has 0 aliphatic heterocycles. The molecule has 0 fully saturated rings. The van der Waals surface area contributed by atoms with E-state index in [0.717, 1.165) is 4.90 Å². The molecule has 3 amide bonds. The Morgan fingerprint density at radius 3 is 2.05 bits per heavy atom. The van der Waals surface area contributed by atoms with Crippen LogP contribution in [0.15, 0.2) is 114 Å². The number of amides is 3. The van der Waals surface area contributed by atoms with Crippen LogP contribution in [0.1, 0.15) is 22.8 Å². The number of carbonyl (C=O) groups excluding carboxylic acids is 3. The average Bonchev–Trinajstić information content (AvgIpc) is 2.99. The van der Waals surface area contributed by atoms with Crippen LogP contribution in [0.5, 0.6) is 5.75 Å². The highest BCUT2D eigenvalue weighted by Crippen LogP contribution is 2.26. The zero-order valence-electron chi connectivity index (χ0n) is 22.4. The van der Waals surface area contributed by atoms with Crippen molar-refractivity contribution in [1.82, 2.24) is 5.32 Å². The fourth-order valence-electron chi connectivity index (χ4n) is 3.66. The van der Waals surface area contributed by atoms with Crippen molar-refractivity contribution in [2.45, 2.75) is 17.1 Å². The molecule has 1 unspecified atom stereocenters. The van der Waals surface area contributed by atoms with E-state index in [4.69, 9.17) is 16.3 Å². The van der Waals surface area contributed by atoms with Gasteiger partial charge in [-0.3, -0.25) is 14.4 Å². The predicted octanol–water partition coefficient (Wildman–Crippen LogP) is 6.88. The molecule has 1 atom stereocenters. The van der Waals surface area contributed by atoms with Crippen LogP contribution in [-0.2, 0) is 9.59 Å². The molecular weight excluding hydrogens is 558 g/mol. The Bertz CT molecular complexity index is 1520. The SMILES string of the molecule is COc1ccc(NC(=O)C(C)Sc2ccc(NC(=O)/C(=C/c3ccc(Cl)cc3)NC(=O)c3ccccc3)cc2)cc1. The van der Waals surface area contributed by atoms with Crippen LogP contribution in [0.2, 0.25) is 5.02 Å². The van der Waals surface area contributed by atoms with Gasteiger partial charge in [0.1, 0.15) is 11.4 Å². The number of benzene rings is 4. The Labute approximate surface area is 248 Å². The van der Waals surface area contributed by atoms with Crippen molar-refractivity contribution >= 4 is 58.5 Å². The molecule has 0 spiro atoms. The van der Waals surface area contributed by atoms with Crippen molar-refractivity contribution in [3.05, 3.63) is 125 Å². The van der Waals surface area contributed by atoms with Crippen molar-refractivity contribution in [3.63, 3.8) is 0 Å². The molecule has 208 valence electrons. The minimum absolute atomic E-state index is 0.0726. The van der Waals surface area contributed by atoms with Crippen LogP contribution >= 0.6 is 23.4 Å². The van der Waals surface area contributed by atoms with E-state index >= 15 is 0 Å². The topological polar surface area (TPSA) is 96.5 Å². The molecule has 0 saturated carbocycles. The summed E-state index contributed by atoms with van der Waals surface area (Å²) in [7, 11) is 1.59. The third kappa shape index (κ3) is 8.73. The summed E-state index contributed by atoms with van der Waals surface area (Å²) in [6.07, 6.45) is 1.58. The fraction of sp³-hybridized carbons (Fsp3) is 0.0938. The zero-order chi connectivity index (χ0) is 29.2. The second-order valence-corrected chi connectivity index (χ2v) is 10.7. The van der Waals surface area contributed by atoms with Crippen LogP contribution in [0, 0.1) is 0 Å². The first-order chi connectivity index (χ1) is 19.8. The summed E-state index contributed by atoms with van der Waals surface area (Å²) in [5.74, 6) is -0.320. The Morgan fingerprint density at radius 1 is 0.805 bits per heavy atom. The lowest BCUT2D eigenvalue weighted by Crippen LogP contribution is -2.30. The Hall–Kier alpha value is -4.53. The third-order valence-electron chi connectivity index (χ3n) is 5.86. The first kappa shape index (κ1) is 29.5. The van der Waals surface area contributed by atoms with Crippen molar-refractivity contribution < 1.29 is 19.1 Å². The number of halogens is 1. The zero-order valence-corrected chi connectivity index (χ0v) is 24.0. The highest BCUT2D eigenvalue weighted by atomic mass is 35.5. The second kappa shape index (κ2) is 14.2. The number of nitrogens with one attached hydrogen (secondary N) is 3. The molecule has 0 bridgehead atoms. The van der Waals surface area contributed by atoms with Gasteiger partial charge in [-0.05, 0) is 91.4 Å². The molecule has 0 saturated heterocycles. The van der Waals surface area contributed by atoms with Crippen molar-refractivity contribution in [2.75, 3.05) is 17.7 Å². The number of ether oxygens (including phenoxy) is 1. The van der Waals surface area contributed by atoms with Crippen LogP contribution in [0.4, 0.5) is 11.4 Å². The normalized spacial score (nSPS) is 11.7. The number of hydrogen-bond donors (Lipinski definition) is 3. The van der Waals surface area contributed by atoms with E-state index in [1.54, 1.807) is 98.1 Å². The van der Waals surface area contributed by atoms with Gasteiger partial charge in [-0.1, -0.05) is 41.9 Å². The molecule has 3 N–H and O–H groups in total. The maximum Gasteiger partial charge on any atom is 0.272 e. The second-order valence-electron chi connectivity index (χ2n) is 8.89. The molecule has 0 aromatic heterocycles. The largest absolute Gasteiger partial charge is 0.497 e. The summed E-state index contributed by atoms with van der Waals surface area (Å²) >= 11 is 7.39. The predicted molar refractivity (Wildman–Crippen MR) is 165 cm³/mol. The van der Waals surface area contributed by atoms with Gasteiger partial charge >= 0.3 is 0 Å². The highest BCUT2D eigenvalue weighted by molar-refractivity contribution is 8.00. The summed E-state index contributed by atoms with van der Waals surface area (Å²) in [4.78, 5) is 39.5. The van der Waals surface area contributed by atoms with E-state index in [1.807, 2.05) is 25.1 Å². The molecule has 4 rings (SSSR count). The monoisotopic (exact) mass is 585 g/mol. The maximum absolute atomic E-state index is 13.2. The molecule has 0 heterocycles. The van der Waals surface area contributed by atoms with Gasteiger partial charge in [0.2, 0.25) is 5.91 Å². The van der Waals surface area contributed by atoms with Crippen molar-refractivity contribution in [1.29, 1.82) is 0 Å². The van der Waals surface area contributed by atoms with Crippen LogP contribution < -0.4 is 20.7 Å². The van der Waals surface area contributed by atoms with E-state index < -0.39 is 11.8 Å². The van der Waals surface area contributed by atoms with Gasteiger partial charge in [0, 0.05) is 26.9 Å². The number of anilines is 2. The van der Waals surface area contributed by atoms with Crippen molar-refractivity contribution in [2.24, 2.45) is 0 Å². The summed E-state index contributed by atoms with van der Waals surface area (Å²) < 4.78 is 5.14. The lowest BCUT2D eigenvalue weighted by molar-refractivity contribution is -0.115. The van der Waals surface area contributed by atoms with E-state index in [2.05, 4.69) is 16.0 Å². The van der Waals surface area contributed by atoms with Gasteiger partial charge in [-0.15, -0.1) is 11.8 Å². The van der Waals surface area contributed by atoms with Gasteiger partial charge in [0.15, 0.2) is 0 Å². The van der Waals surface area contributed by atoms with E-state index in [0.29, 0.717) is 33.3 Å². The summed E-state index contributed by atoms with van der Waals surface area (Å²) in [5, 5.41) is 8.64. The van der Waals surface area contributed by atoms with Gasteiger partial charge in [-0.25, -0.2) is 0 Å². The van der Waals surface area contributed by atoms with Gasteiger partial charge in [0.25, 0.3) is 11.8 Å². The van der Waals surface area contributed by atoms with Crippen LogP contribution in [0.25, 0.3) is 6.08 Å². The van der Waals surface area contributed by atoms with Crippen molar-refractivity contribution in [3.8, 4) is 5.75 Å². The smallest absolute Gasteiger partial charge is 0.272 e. The number of thioether (sulfide) groups is 1. The first-order valence-electron chi connectivity index (χ1n) is 12.7. The minimum atomic E-state index is -0.489. The maximum atomic E-state index is 13.2. The molecule has 4 aromatic carbocycles. The summed E-state index contributed by atoms with van der Waals surface area (Å²) in [5.41, 5.74) is 2.41. The molecule has 4 aromatic rings. The quantitative estimate of drug-likeness (QED) is 0.139. The molecular formula is C32H28ClN3O4S. The number of methoxy groups -OCH3 is 1. The molecule has 0 radical (unpaired) electrons. The highest BCUT2D eigenvalue weighted by Gasteiger charge is 2.17. The lowest BCUT2D eigenvalue weighted by Gasteiger charge is -2.14. The van der Waals surface area contributed by atoms with Gasteiger partial charge in [-0.2, -0.15) is 0 Å². The molecule has 9 heteroatoms. The first-order valence-corrected chi connectivity index (χ1v) is 13.9. The van der Waals surface area contributed by atoms with Gasteiger partial charge < -0.3 is 20.7 Å². The van der Waals surface area contributed by atoms with E-state index in [1.165, 1.54) is 11.8 Å². The van der Waals surface area contributed by atoms with Crippen LogP contribution in [-0.4, -0.2) is 30.1 Å². The molecule has 0 aliphatic rings. The number of hydrogen-bond acceptors (Lipinski definition) is 5. The van der Waals surface area contributed by atoms with E-state index in [9.17, 15) is 14.4 Å². The summed E-state index contributed by atoms with van der Waals surface area (Å²) in [6.45, 7) is 1.82. The standard InChI is InChI=1S/C32H28ClN3O4S/c1-21(30(37)34-25-12-16-27(40-2)17-13-25)41-28-18-14-26(15-19-28)35-32(39)29(20-22-8-10-24(33)11-9-22)36-31(38)23-6-4-3-5-7-23/h3-21H,1-2H3,(H,34,37)(H,35,39)(H,36,38)/b29-20-. The molecule has 0 aliphatic carbocycles. The Balaban J connectivity index is 1.41. The Morgan fingerprint density at radius 2 is 1.41 bits per heavy atom. The average molecular weight is 586 g/mol. The number of carbonyl (C=O) groups is 3. The number of rotatable bonds is 10. The third-order valence-corrected chi connectivity index (χ3v) is 7.23. The minimum Gasteiger partial charge on any atom is -0.497 e. The molecule has 7 nitrogen and oxygen atoms in total. The van der Waals surface area contributed by atoms with Crippen LogP contribution in [0.3, 0.4) is 0 Å². The Kier molecular flexibility index (Phi) is 10.2. The van der Waals surface area contributed by atoms with E-state index in [-0.39, 0.29) is 16.9 Å². The fourth-order valence-corrected chi connectivity index (χ4v) is 4.65. The van der Waals surface area contributed by atoms with Gasteiger partial charge in [0.05, 0.1) is 12.4 Å².